The van der Waals surface area contributed by atoms with Gasteiger partial charge in [0.15, 0.2) is 11.6 Å². The van der Waals surface area contributed by atoms with Gasteiger partial charge in [0, 0.05) is 47.1 Å². The summed E-state index contributed by atoms with van der Waals surface area (Å²) in [5.41, 5.74) is 1.21. The number of carbonyl (C=O) groups is 2. The van der Waals surface area contributed by atoms with E-state index >= 15 is 0 Å². The van der Waals surface area contributed by atoms with E-state index in [4.69, 9.17) is 23.2 Å². The first-order chi connectivity index (χ1) is 11.1. The summed E-state index contributed by atoms with van der Waals surface area (Å²) in [5, 5.41) is 4.21. The van der Waals surface area contributed by atoms with Crippen molar-refractivity contribution in [2.75, 3.05) is 13.1 Å². The first-order valence-electron chi connectivity index (χ1n) is 7.34. The average molecular weight is 350 g/mol. The topological polar surface area (TPSA) is 46.2 Å². The van der Waals surface area contributed by atoms with Crippen molar-refractivity contribution in [3.63, 3.8) is 0 Å². The molecule has 0 saturated heterocycles. The first-order valence-corrected chi connectivity index (χ1v) is 8.10. The maximum Gasteiger partial charge on any atom is 0.164 e. The highest BCUT2D eigenvalue weighted by atomic mass is 35.5. The van der Waals surface area contributed by atoms with E-state index in [-0.39, 0.29) is 11.6 Å². The molecule has 0 heterocycles. The van der Waals surface area contributed by atoms with Crippen molar-refractivity contribution in [3.8, 4) is 0 Å². The van der Waals surface area contributed by atoms with E-state index in [1.54, 1.807) is 48.5 Å². The van der Waals surface area contributed by atoms with Gasteiger partial charge in [-0.25, -0.2) is 0 Å². The summed E-state index contributed by atoms with van der Waals surface area (Å²) in [7, 11) is 0. The normalized spacial score (nSPS) is 10.5. The summed E-state index contributed by atoms with van der Waals surface area (Å²) in [5.74, 6) is 0.0577. The molecule has 0 aliphatic rings. The standard InChI is InChI=1S/C18H17Cl2NO2/c19-15-5-1-3-13(11-15)17(22)7-9-21-10-8-18(23)14-4-2-6-16(20)12-14/h1-6,11-12,21H,7-10H2. The number of carbonyl (C=O) groups excluding carboxylic acids is 2. The van der Waals surface area contributed by atoms with Crippen molar-refractivity contribution in [1.29, 1.82) is 0 Å². The van der Waals surface area contributed by atoms with Crippen LogP contribution >= 0.6 is 23.2 Å². The highest BCUT2D eigenvalue weighted by Crippen LogP contribution is 2.13. The molecule has 23 heavy (non-hydrogen) atoms. The molecule has 0 aromatic heterocycles. The number of Topliss-reactive ketones (excluding diaryl/α,β-unsaturated/α-hetero) is 2. The molecule has 2 rings (SSSR count). The molecule has 120 valence electrons. The molecule has 0 fully saturated rings. The van der Waals surface area contributed by atoms with Gasteiger partial charge in [0.1, 0.15) is 0 Å². The molecule has 3 nitrogen and oxygen atoms in total. The zero-order valence-electron chi connectivity index (χ0n) is 12.5. The van der Waals surface area contributed by atoms with Gasteiger partial charge >= 0.3 is 0 Å². The zero-order chi connectivity index (χ0) is 16.7. The van der Waals surface area contributed by atoms with Gasteiger partial charge in [-0.15, -0.1) is 0 Å². The summed E-state index contributed by atoms with van der Waals surface area (Å²) >= 11 is 11.7. The highest BCUT2D eigenvalue weighted by Gasteiger charge is 2.07. The minimum atomic E-state index is 0.0289. The van der Waals surface area contributed by atoms with Crippen LogP contribution in [0.4, 0.5) is 0 Å². The van der Waals surface area contributed by atoms with Gasteiger partial charge in [-0.1, -0.05) is 47.5 Å². The summed E-state index contributed by atoms with van der Waals surface area (Å²) in [6.07, 6.45) is 0.734. The molecule has 2 aromatic carbocycles. The second kappa shape index (κ2) is 8.82. The molecule has 0 saturated carbocycles. The Bertz CT molecular complexity index is 641. The zero-order valence-corrected chi connectivity index (χ0v) is 14.0. The molecular weight excluding hydrogens is 333 g/mol. The lowest BCUT2D eigenvalue weighted by atomic mass is 10.1. The molecule has 0 unspecified atom stereocenters. The fraction of sp³-hybridized carbons (Fsp3) is 0.222. The van der Waals surface area contributed by atoms with Crippen LogP contribution in [0.2, 0.25) is 10.0 Å². The number of halogens is 2. The van der Waals surface area contributed by atoms with Crippen LogP contribution in [-0.4, -0.2) is 24.7 Å². The largest absolute Gasteiger partial charge is 0.316 e. The van der Waals surface area contributed by atoms with E-state index in [1.165, 1.54) is 0 Å². The van der Waals surface area contributed by atoms with Crippen molar-refractivity contribution in [1.82, 2.24) is 5.32 Å². The van der Waals surface area contributed by atoms with Gasteiger partial charge in [0.05, 0.1) is 0 Å². The Labute approximate surface area is 145 Å². The molecule has 0 atom stereocenters. The van der Waals surface area contributed by atoms with Gasteiger partial charge in [-0.05, 0) is 24.3 Å². The smallest absolute Gasteiger partial charge is 0.164 e. The summed E-state index contributed by atoms with van der Waals surface area (Å²) < 4.78 is 0. The van der Waals surface area contributed by atoms with E-state index in [2.05, 4.69) is 5.32 Å². The second-order valence-electron chi connectivity index (χ2n) is 5.12. The first kappa shape index (κ1) is 17.7. The second-order valence-corrected chi connectivity index (χ2v) is 5.99. The van der Waals surface area contributed by atoms with Crippen molar-refractivity contribution < 1.29 is 9.59 Å². The third-order valence-corrected chi connectivity index (χ3v) is 3.82. The Morgan fingerprint density at radius 3 is 1.61 bits per heavy atom. The number of hydrogen-bond acceptors (Lipinski definition) is 3. The Morgan fingerprint density at radius 2 is 1.22 bits per heavy atom. The molecule has 0 spiro atoms. The maximum atomic E-state index is 12.0. The summed E-state index contributed by atoms with van der Waals surface area (Å²) in [6.45, 7) is 1.04. The number of ketones is 2. The SMILES string of the molecule is O=C(CCNCCC(=O)c1cccc(Cl)c1)c1cccc(Cl)c1. The van der Waals surface area contributed by atoms with Gasteiger partial charge in [-0.2, -0.15) is 0 Å². The maximum absolute atomic E-state index is 12.0. The third kappa shape index (κ3) is 5.79. The predicted octanol–water partition coefficient (Wildman–Crippen LogP) is 4.43. The summed E-state index contributed by atoms with van der Waals surface area (Å²) in [4.78, 5) is 23.9. The Balaban J connectivity index is 1.69. The lowest BCUT2D eigenvalue weighted by molar-refractivity contribution is 0.0982. The quantitative estimate of drug-likeness (QED) is 0.566. The lowest BCUT2D eigenvalue weighted by Crippen LogP contribution is -2.21. The lowest BCUT2D eigenvalue weighted by Gasteiger charge is -2.05. The fourth-order valence-corrected chi connectivity index (χ4v) is 2.52. The molecule has 0 amide bonds. The van der Waals surface area contributed by atoms with Crippen LogP contribution in [-0.2, 0) is 0 Å². The van der Waals surface area contributed by atoms with Crippen LogP contribution in [0.25, 0.3) is 0 Å². The molecule has 1 N–H and O–H groups in total. The monoisotopic (exact) mass is 349 g/mol. The van der Waals surface area contributed by atoms with Crippen LogP contribution in [0.3, 0.4) is 0 Å². The number of benzene rings is 2. The number of nitrogens with one attached hydrogen (secondary N) is 1. The molecule has 0 aliphatic heterocycles. The Kier molecular flexibility index (Phi) is 6.78. The average Bonchev–Trinajstić information content (AvgIpc) is 2.54. The molecule has 0 radical (unpaired) electrons. The minimum Gasteiger partial charge on any atom is -0.316 e. The van der Waals surface area contributed by atoms with Crippen molar-refractivity contribution in [2.45, 2.75) is 12.8 Å². The van der Waals surface area contributed by atoms with E-state index < -0.39 is 0 Å². The van der Waals surface area contributed by atoms with Gasteiger partial charge in [0.2, 0.25) is 0 Å². The molecule has 0 aliphatic carbocycles. The predicted molar refractivity (Wildman–Crippen MR) is 93.7 cm³/mol. The minimum absolute atomic E-state index is 0.0289. The van der Waals surface area contributed by atoms with E-state index in [1.807, 2.05) is 0 Å². The van der Waals surface area contributed by atoms with Crippen LogP contribution in [0.1, 0.15) is 33.6 Å². The third-order valence-electron chi connectivity index (χ3n) is 3.35. The highest BCUT2D eigenvalue weighted by molar-refractivity contribution is 6.31. The van der Waals surface area contributed by atoms with Crippen molar-refractivity contribution >= 4 is 34.8 Å². The number of rotatable bonds is 8. The van der Waals surface area contributed by atoms with Crippen molar-refractivity contribution in [3.05, 3.63) is 69.7 Å². The Hall–Kier alpha value is -1.68. The van der Waals surface area contributed by atoms with Crippen LogP contribution < -0.4 is 5.32 Å². The Morgan fingerprint density at radius 1 is 0.783 bits per heavy atom. The number of hydrogen-bond donors (Lipinski definition) is 1. The molecule has 5 heteroatoms. The molecule has 0 bridgehead atoms. The van der Waals surface area contributed by atoms with Gasteiger partial charge in [-0.3, -0.25) is 9.59 Å². The van der Waals surface area contributed by atoms with Gasteiger partial charge < -0.3 is 5.32 Å². The van der Waals surface area contributed by atoms with Crippen LogP contribution in [0.15, 0.2) is 48.5 Å². The molecular formula is C18H17Cl2NO2. The van der Waals surface area contributed by atoms with Crippen LogP contribution in [0, 0.1) is 0 Å². The van der Waals surface area contributed by atoms with E-state index in [9.17, 15) is 9.59 Å². The van der Waals surface area contributed by atoms with E-state index in [0.717, 1.165) is 0 Å². The van der Waals surface area contributed by atoms with Gasteiger partial charge in [0.25, 0.3) is 0 Å². The summed E-state index contributed by atoms with van der Waals surface area (Å²) in [6, 6.07) is 13.8. The van der Waals surface area contributed by atoms with Crippen molar-refractivity contribution in [2.24, 2.45) is 0 Å². The van der Waals surface area contributed by atoms with E-state index in [0.29, 0.717) is 47.1 Å². The molecule has 2 aromatic rings. The fourth-order valence-electron chi connectivity index (χ4n) is 2.14. The van der Waals surface area contributed by atoms with Crippen LogP contribution in [0.5, 0.6) is 0 Å².